The van der Waals surface area contributed by atoms with Crippen molar-refractivity contribution < 1.29 is 37.3 Å². The number of rotatable bonds is 2. The second-order valence-electron chi connectivity index (χ2n) is 8.47. The van der Waals surface area contributed by atoms with Gasteiger partial charge in [0, 0.05) is 58.5 Å². The van der Waals surface area contributed by atoms with E-state index in [-0.39, 0.29) is 41.1 Å². The second kappa shape index (κ2) is 9.50. The van der Waals surface area contributed by atoms with Gasteiger partial charge in [-0.25, -0.2) is 10.1 Å². The first-order chi connectivity index (χ1) is 13.7. The van der Waals surface area contributed by atoms with Crippen molar-refractivity contribution in [3.8, 4) is 22.4 Å². The van der Waals surface area contributed by atoms with E-state index in [4.69, 9.17) is 0 Å². The van der Waals surface area contributed by atoms with Gasteiger partial charge < -0.3 is 5.32 Å². The van der Waals surface area contributed by atoms with Crippen LogP contribution in [-0.2, 0) is 39.8 Å². The smallest absolute Gasteiger partial charge is 0.163 e. The number of pyridine rings is 1. The van der Waals surface area contributed by atoms with Gasteiger partial charge in [0.15, 0.2) is 6.20 Å². The van der Waals surface area contributed by atoms with Crippen molar-refractivity contribution in [2.75, 3.05) is 11.9 Å². The molecule has 1 aromatic heterocycles. The third-order valence-electron chi connectivity index (χ3n) is 6.73. The standard InChI is InChI=1S/C25H26N2Si.B.Y/c1-19-10-11-21(20-8-4-3-5-9-20)16-22(19)24-17-23-25(18-27(24)2)28(15-12-26-23)13-6-7-14-28;;/h3-5,8,10-11,17-18H,6-7,12-15H2,1-2H3;;/q-2;;/p+1. The first kappa shape index (κ1) is 23.4. The van der Waals surface area contributed by atoms with E-state index in [0.29, 0.717) is 0 Å². The summed E-state index contributed by atoms with van der Waals surface area (Å²) < 4.78 is 2.34. The number of aryl methyl sites for hydroxylation is 2. The second-order valence-corrected chi connectivity index (χ2v) is 13.1. The first-order valence-corrected chi connectivity index (χ1v) is 13.1. The van der Waals surface area contributed by atoms with Crippen LogP contribution in [0, 0.1) is 19.1 Å². The summed E-state index contributed by atoms with van der Waals surface area (Å²) in [5.74, 6) is 0. The van der Waals surface area contributed by atoms with Crippen LogP contribution in [0.5, 0.6) is 0 Å². The number of anilines is 1. The number of hydrogen-bond donors (Lipinski definition) is 1. The van der Waals surface area contributed by atoms with Crippen molar-refractivity contribution in [1.29, 1.82) is 0 Å². The minimum Gasteiger partial charge on any atom is -0.386 e. The Morgan fingerprint density at radius 1 is 1.03 bits per heavy atom. The van der Waals surface area contributed by atoms with E-state index in [9.17, 15) is 0 Å². The molecule has 0 atom stereocenters. The monoisotopic (exact) mass is 483 g/mol. The molecule has 0 unspecified atom stereocenters. The number of hydrogen-bond acceptors (Lipinski definition) is 1. The quantitative estimate of drug-likeness (QED) is 0.328. The summed E-state index contributed by atoms with van der Waals surface area (Å²) in [7, 11) is 0.933. The summed E-state index contributed by atoms with van der Waals surface area (Å²) in [6, 6.07) is 26.3. The molecule has 30 heavy (non-hydrogen) atoms. The van der Waals surface area contributed by atoms with E-state index >= 15 is 0 Å². The van der Waals surface area contributed by atoms with Gasteiger partial charge in [0.2, 0.25) is 0 Å². The fraction of sp³-hybridized carbons (Fsp3) is 0.320. The molecule has 3 heterocycles. The molecule has 1 saturated heterocycles. The van der Waals surface area contributed by atoms with Gasteiger partial charge in [0.25, 0.3) is 0 Å². The van der Waals surface area contributed by atoms with Gasteiger partial charge >= 0.3 is 0 Å². The number of nitrogens with one attached hydrogen (secondary N) is 1. The Kier molecular flexibility index (Phi) is 7.42. The summed E-state index contributed by atoms with van der Waals surface area (Å²) in [6.07, 6.45) is 5.31. The first-order valence-electron chi connectivity index (χ1n) is 10.4. The minimum atomic E-state index is -1.27. The number of nitrogens with zero attached hydrogens (tertiary/aromatic N) is 1. The Bertz CT molecular complexity index is 1030. The van der Waals surface area contributed by atoms with Gasteiger partial charge in [-0.3, -0.25) is 0 Å². The molecule has 2 aliphatic heterocycles. The molecule has 3 aromatic rings. The molecule has 1 fully saturated rings. The normalized spacial score (nSPS) is 16.2. The number of aromatic nitrogens is 1. The van der Waals surface area contributed by atoms with E-state index < -0.39 is 8.07 Å². The van der Waals surface area contributed by atoms with Gasteiger partial charge in [-0.2, -0.15) is 42.0 Å². The van der Waals surface area contributed by atoms with Crippen LogP contribution in [0.4, 0.5) is 5.69 Å². The van der Waals surface area contributed by atoms with E-state index in [1.165, 1.54) is 53.5 Å². The maximum Gasteiger partial charge on any atom is 0.163 e. The Morgan fingerprint density at radius 2 is 1.83 bits per heavy atom. The molecule has 2 aliphatic rings. The van der Waals surface area contributed by atoms with Gasteiger partial charge in [0.05, 0.1) is 8.07 Å². The molecule has 5 rings (SSSR count). The summed E-state index contributed by atoms with van der Waals surface area (Å²) in [5.41, 5.74) is 7.28. The van der Waals surface area contributed by atoms with Crippen molar-refractivity contribution in [2.24, 2.45) is 7.05 Å². The zero-order valence-electron chi connectivity index (χ0n) is 18.0. The van der Waals surface area contributed by atoms with E-state index in [1.807, 2.05) is 12.1 Å². The number of fused-ring (bicyclic) bond motifs is 2. The van der Waals surface area contributed by atoms with Crippen LogP contribution in [0.1, 0.15) is 18.4 Å². The number of benzene rings is 2. The Hall–Kier alpha value is -1.22. The van der Waals surface area contributed by atoms with Crippen LogP contribution >= 0.6 is 0 Å². The van der Waals surface area contributed by atoms with Gasteiger partial charge in [-0.05, 0) is 12.1 Å². The van der Waals surface area contributed by atoms with E-state index in [0.717, 1.165) is 17.7 Å². The molecular formula is C25H27BN2SiY-. The maximum absolute atomic E-state index is 3.72. The molecule has 0 amide bonds. The Balaban J connectivity index is 0.00000128. The average Bonchev–Trinajstić information content (AvgIpc) is 3.19. The maximum atomic E-state index is 3.72. The van der Waals surface area contributed by atoms with E-state index in [2.05, 4.69) is 72.5 Å². The predicted molar refractivity (Wildman–Crippen MR) is 124 cm³/mol. The average molecular weight is 483 g/mol. The molecule has 148 valence electrons. The molecule has 4 radical (unpaired) electrons. The summed E-state index contributed by atoms with van der Waals surface area (Å²) >= 11 is 0. The third-order valence-corrected chi connectivity index (χ3v) is 12.1. The van der Waals surface area contributed by atoms with Crippen molar-refractivity contribution in [2.45, 2.75) is 37.9 Å². The molecule has 2 aromatic carbocycles. The molecule has 1 spiro atoms. The van der Waals surface area contributed by atoms with Crippen LogP contribution in [-0.4, -0.2) is 23.0 Å². The zero-order chi connectivity index (χ0) is 19.1. The van der Waals surface area contributed by atoms with Crippen LogP contribution in [0.2, 0.25) is 18.1 Å². The fourth-order valence-corrected chi connectivity index (χ4v) is 10.4. The van der Waals surface area contributed by atoms with Crippen LogP contribution < -0.4 is 15.1 Å². The largest absolute Gasteiger partial charge is 0.386 e. The molecule has 0 aliphatic carbocycles. The molecule has 2 nitrogen and oxygen atoms in total. The Labute approximate surface area is 209 Å². The van der Waals surface area contributed by atoms with Crippen LogP contribution in [0.25, 0.3) is 22.4 Å². The van der Waals surface area contributed by atoms with E-state index in [1.54, 1.807) is 5.19 Å². The zero-order valence-corrected chi connectivity index (χ0v) is 21.8. The summed E-state index contributed by atoms with van der Waals surface area (Å²) in [5, 5.41) is 5.38. The van der Waals surface area contributed by atoms with Crippen molar-refractivity contribution in [1.82, 2.24) is 0 Å². The molecule has 1 N–H and O–H groups in total. The summed E-state index contributed by atoms with van der Waals surface area (Å²) in [4.78, 5) is 0. The summed E-state index contributed by atoms with van der Waals surface area (Å²) in [6.45, 7) is 3.33. The SMILES string of the molecule is Cc1ccc(-c2[c-]cccc2)[c-]c1-c1cc2c(c[n+]1C)[Si]1(CCCC1)CCN2.[B].[Y]. The van der Waals surface area contributed by atoms with Crippen LogP contribution in [0.15, 0.2) is 48.7 Å². The fourth-order valence-electron chi connectivity index (χ4n) is 5.16. The van der Waals surface area contributed by atoms with Gasteiger partial charge in [-0.1, -0.05) is 37.4 Å². The third kappa shape index (κ3) is 4.11. The predicted octanol–water partition coefficient (Wildman–Crippen LogP) is 4.25. The molecule has 0 bridgehead atoms. The minimum absolute atomic E-state index is 0. The molecular weight excluding hydrogens is 456 g/mol. The van der Waals surface area contributed by atoms with Crippen molar-refractivity contribution in [3.05, 3.63) is 66.4 Å². The molecule has 0 saturated carbocycles. The van der Waals surface area contributed by atoms with Gasteiger partial charge in [0.1, 0.15) is 12.7 Å². The topological polar surface area (TPSA) is 15.9 Å². The van der Waals surface area contributed by atoms with Gasteiger partial charge in [-0.15, -0.1) is 17.7 Å². The van der Waals surface area contributed by atoms with Crippen molar-refractivity contribution in [3.63, 3.8) is 0 Å². The van der Waals surface area contributed by atoms with Crippen molar-refractivity contribution >= 4 is 27.4 Å². The Morgan fingerprint density at radius 3 is 2.57 bits per heavy atom. The molecule has 5 heteroatoms. The van der Waals surface area contributed by atoms with Crippen LogP contribution in [0.3, 0.4) is 0 Å².